The van der Waals surface area contributed by atoms with Gasteiger partial charge in [-0.1, -0.05) is 0 Å². The lowest BCUT2D eigenvalue weighted by atomic mass is 10.2. The summed E-state index contributed by atoms with van der Waals surface area (Å²) in [6.45, 7) is 4.92. The van der Waals surface area contributed by atoms with Crippen LogP contribution in [0.4, 0.5) is 9.52 Å². The predicted octanol–water partition coefficient (Wildman–Crippen LogP) is 2.55. The van der Waals surface area contributed by atoms with Crippen molar-refractivity contribution in [2.24, 2.45) is 0 Å². The minimum Gasteiger partial charge on any atom is -0.345 e. The molecule has 0 N–H and O–H groups in total. The number of piperazine rings is 1. The second-order valence-corrected chi connectivity index (χ2v) is 6.25. The van der Waals surface area contributed by atoms with Crippen LogP contribution in [0.2, 0.25) is 0 Å². The lowest BCUT2D eigenvalue weighted by Gasteiger charge is -2.34. The number of amides is 1. The molecule has 1 saturated heterocycles. The molecule has 2 aromatic rings. The first-order valence-corrected chi connectivity index (χ1v) is 7.67. The Labute approximate surface area is 126 Å². The summed E-state index contributed by atoms with van der Waals surface area (Å²) >= 11 is 1.67. The summed E-state index contributed by atoms with van der Waals surface area (Å²) in [5.41, 5.74) is 0.537. The quantitative estimate of drug-likeness (QED) is 0.855. The number of hydrogen-bond donors (Lipinski definition) is 0. The van der Waals surface area contributed by atoms with Gasteiger partial charge in [-0.3, -0.25) is 4.79 Å². The number of halogens is 1. The maximum absolute atomic E-state index is 12.9. The molecule has 1 aliphatic rings. The number of benzene rings is 1. The number of aryl methyl sites for hydroxylation is 1. The molecule has 3 rings (SSSR count). The number of carbonyl (C=O) groups is 1. The fourth-order valence-electron chi connectivity index (χ4n) is 2.36. The molecule has 0 bridgehead atoms. The molecule has 0 aliphatic carbocycles. The van der Waals surface area contributed by atoms with Crippen molar-refractivity contribution in [2.75, 3.05) is 31.1 Å². The zero-order valence-corrected chi connectivity index (χ0v) is 12.6. The Morgan fingerprint density at radius 3 is 2.43 bits per heavy atom. The first-order chi connectivity index (χ1) is 10.1. The van der Waals surface area contributed by atoms with Crippen molar-refractivity contribution in [2.45, 2.75) is 6.92 Å². The molecule has 110 valence electrons. The molecule has 1 amide bonds. The van der Waals surface area contributed by atoms with Crippen LogP contribution >= 0.6 is 11.3 Å². The van der Waals surface area contributed by atoms with Gasteiger partial charge in [-0.15, -0.1) is 11.3 Å². The average Bonchev–Trinajstić information content (AvgIpc) is 2.94. The summed E-state index contributed by atoms with van der Waals surface area (Å²) in [5.74, 6) is -0.361. The number of anilines is 1. The van der Waals surface area contributed by atoms with Crippen LogP contribution in [0, 0.1) is 12.7 Å². The van der Waals surface area contributed by atoms with Crippen molar-refractivity contribution >= 4 is 22.4 Å². The van der Waals surface area contributed by atoms with Crippen molar-refractivity contribution in [3.63, 3.8) is 0 Å². The smallest absolute Gasteiger partial charge is 0.253 e. The van der Waals surface area contributed by atoms with Crippen LogP contribution in [0.25, 0.3) is 0 Å². The third-order valence-electron chi connectivity index (χ3n) is 3.54. The van der Waals surface area contributed by atoms with Gasteiger partial charge < -0.3 is 9.80 Å². The number of thiazole rings is 1. The Hall–Kier alpha value is -1.95. The highest BCUT2D eigenvalue weighted by molar-refractivity contribution is 7.15. The Morgan fingerprint density at radius 2 is 1.86 bits per heavy atom. The van der Waals surface area contributed by atoms with Crippen LogP contribution in [0.1, 0.15) is 15.2 Å². The molecule has 0 atom stereocenters. The minimum atomic E-state index is -0.324. The van der Waals surface area contributed by atoms with Crippen molar-refractivity contribution in [1.29, 1.82) is 0 Å². The molecule has 1 fully saturated rings. The first kappa shape index (κ1) is 14.0. The van der Waals surface area contributed by atoms with Gasteiger partial charge in [-0.2, -0.15) is 0 Å². The van der Waals surface area contributed by atoms with Crippen molar-refractivity contribution < 1.29 is 9.18 Å². The van der Waals surface area contributed by atoms with Crippen molar-refractivity contribution in [1.82, 2.24) is 9.88 Å². The van der Waals surface area contributed by atoms with E-state index in [-0.39, 0.29) is 11.7 Å². The van der Waals surface area contributed by atoms with Crippen LogP contribution in [-0.4, -0.2) is 42.0 Å². The van der Waals surface area contributed by atoms with Gasteiger partial charge in [-0.25, -0.2) is 9.37 Å². The maximum atomic E-state index is 12.9. The Bertz CT molecular complexity index is 633. The zero-order valence-electron chi connectivity index (χ0n) is 11.8. The first-order valence-electron chi connectivity index (χ1n) is 6.86. The van der Waals surface area contributed by atoms with Gasteiger partial charge in [0.05, 0.1) is 0 Å². The highest BCUT2D eigenvalue weighted by Gasteiger charge is 2.23. The van der Waals surface area contributed by atoms with Crippen LogP contribution in [-0.2, 0) is 0 Å². The summed E-state index contributed by atoms with van der Waals surface area (Å²) < 4.78 is 12.9. The number of rotatable bonds is 2. The van der Waals surface area contributed by atoms with Gasteiger partial charge in [-0.05, 0) is 31.2 Å². The zero-order chi connectivity index (χ0) is 14.8. The minimum absolute atomic E-state index is 0.0371. The number of hydrogen-bond acceptors (Lipinski definition) is 4. The highest BCUT2D eigenvalue weighted by Crippen LogP contribution is 2.23. The van der Waals surface area contributed by atoms with Crippen LogP contribution in [0.3, 0.4) is 0 Å². The second kappa shape index (κ2) is 5.81. The topological polar surface area (TPSA) is 36.4 Å². The Morgan fingerprint density at radius 1 is 1.19 bits per heavy atom. The molecule has 0 saturated carbocycles. The van der Waals surface area contributed by atoms with Gasteiger partial charge in [0.2, 0.25) is 0 Å². The summed E-state index contributed by atoms with van der Waals surface area (Å²) in [4.78, 5) is 21.9. The molecule has 0 unspecified atom stereocenters. The van der Waals surface area contributed by atoms with Gasteiger partial charge in [0.25, 0.3) is 5.91 Å². The maximum Gasteiger partial charge on any atom is 0.253 e. The molecule has 0 radical (unpaired) electrons. The largest absolute Gasteiger partial charge is 0.345 e. The van der Waals surface area contributed by atoms with Crippen LogP contribution < -0.4 is 4.90 Å². The van der Waals surface area contributed by atoms with E-state index in [1.54, 1.807) is 11.3 Å². The van der Waals surface area contributed by atoms with Gasteiger partial charge in [0.1, 0.15) is 5.82 Å². The Balaban J connectivity index is 1.63. The van der Waals surface area contributed by atoms with E-state index in [1.807, 2.05) is 18.0 Å². The fraction of sp³-hybridized carbons (Fsp3) is 0.333. The lowest BCUT2D eigenvalue weighted by Crippen LogP contribution is -2.48. The normalized spacial score (nSPS) is 15.3. The SMILES string of the molecule is Cc1cnc(N2CCN(C(=O)c3ccc(F)cc3)CC2)s1. The molecule has 6 heteroatoms. The second-order valence-electron chi connectivity index (χ2n) is 5.04. The summed E-state index contributed by atoms with van der Waals surface area (Å²) in [6.07, 6.45) is 1.87. The summed E-state index contributed by atoms with van der Waals surface area (Å²) in [7, 11) is 0. The highest BCUT2D eigenvalue weighted by atomic mass is 32.1. The van der Waals surface area contributed by atoms with E-state index < -0.39 is 0 Å². The molecule has 1 aromatic carbocycles. The van der Waals surface area contributed by atoms with E-state index in [9.17, 15) is 9.18 Å². The molecule has 1 aromatic heterocycles. The van der Waals surface area contributed by atoms with E-state index in [1.165, 1.54) is 29.1 Å². The third kappa shape index (κ3) is 3.05. The average molecular weight is 305 g/mol. The van der Waals surface area contributed by atoms with Gasteiger partial charge in [0, 0.05) is 42.8 Å². The van der Waals surface area contributed by atoms with Crippen LogP contribution in [0.5, 0.6) is 0 Å². The molecular formula is C15H16FN3OS. The van der Waals surface area contributed by atoms with Crippen molar-refractivity contribution in [3.8, 4) is 0 Å². The van der Waals surface area contributed by atoms with E-state index >= 15 is 0 Å². The van der Waals surface area contributed by atoms with Crippen molar-refractivity contribution in [3.05, 3.63) is 46.7 Å². The van der Waals surface area contributed by atoms with E-state index in [4.69, 9.17) is 0 Å². The number of aromatic nitrogens is 1. The lowest BCUT2D eigenvalue weighted by molar-refractivity contribution is 0.0746. The summed E-state index contributed by atoms with van der Waals surface area (Å²) in [6, 6.07) is 5.71. The monoisotopic (exact) mass is 305 g/mol. The molecule has 0 spiro atoms. The molecule has 1 aliphatic heterocycles. The van der Waals surface area contributed by atoms with Crippen LogP contribution in [0.15, 0.2) is 30.5 Å². The number of nitrogens with zero attached hydrogens (tertiary/aromatic N) is 3. The Kier molecular flexibility index (Phi) is 3.88. The molecular weight excluding hydrogens is 289 g/mol. The van der Waals surface area contributed by atoms with Gasteiger partial charge in [0.15, 0.2) is 5.13 Å². The molecule has 2 heterocycles. The fourth-order valence-corrected chi connectivity index (χ4v) is 3.18. The van der Waals surface area contributed by atoms with Gasteiger partial charge >= 0.3 is 0 Å². The van der Waals surface area contributed by atoms with E-state index in [0.717, 1.165) is 18.2 Å². The molecule has 21 heavy (non-hydrogen) atoms. The number of carbonyl (C=O) groups excluding carboxylic acids is 1. The summed E-state index contributed by atoms with van der Waals surface area (Å²) in [5, 5.41) is 1.02. The molecule has 4 nitrogen and oxygen atoms in total. The van der Waals surface area contributed by atoms with E-state index in [2.05, 4.69) is 9.88 Å². The van der Waals surface area contributed by atoms with E-state index in [0.29, 0.717) is 18.7 Å². The predicted molar refractivity (Wildman–Crippen MR) is 81.4 cm³/mol. The standard InChI is InChI=1S/C15H16FN3OS/c1-11-10-17-15(21-11)19-8-6-18(7-9-19)14(20)12-2-4-13(16)5-3-12/h2-5,10H,6-9H2,1H3. The third-order valence-corrected chi connectivity index (χ3v) is 4.51.